The van der Waals surface area contributed by atoms with Crippen LogP contribution in [0, 0.1) is 0 Å². The molecule has 1 aliphatic rings. The first-order valence-corrected chi connectivity index (χ1v) is 9.83. The lowest BCUT2D eigenvalue weighted by Gasteiger charge is -2.19. The predicted octanol–water partition coefficient (Wildman–Crippen LogP) is 1.66. The molecular weight excluding hydrogens is 366 g/mol. The van der Waals surface area contributed by atoms with Gasteiger partial charge in [0.1, 0.15) is 11.2 Å². The van der Waals surface area contributed by atoms with E-state index in [0.29, 0.717) is 23.4 Å². The van der Waals surface area contributed by atoms with E-state index in [0.717, 1.165) is 37.2 Å². The molecule has 0 unspecified atom stereocenters. The van der Waals surface area contributed by atoms with Crippen LogP contribution in [0.5, 0.6) is 0 Å². The fraction of sp³-hybridized carbons (Fsp3) is 0.333. The van der Waals surface area contributed by atoms with Gasteiger partial charge in [-0.05, 0) is 6.42 Å². The summed E-state index contributed by atoms with van der Waals surface area (Å²) in [6.45, 7) is 2.40. The van der Waals surface area contributed by atoms with E-state index >= 15 is 0 Å². The molecule has 0 bridgehead atoms. The molecule has 5 rings (SSSR count). The molecule has 0 atom stereocenters. The number of nitrogens with zero attached hydrogens (tertiary/aromatic N) is 6. The largest absolute Gasteiger partial charge is 0.309 e. The maximum Gasteiger partial charge on any atom is 0.262 e. The van der Waals surface area contributed by atoms with Gasteiger partial charge in [0.2, 0.25) is 0 Å². The van der Waals surface area contributed by atoms with Gasteiger partial charge in [-0.1, -0.05) is 30.3 Å². The molecule has 0 amide bonds. The van der Waals surface area contributed by atoms with Crippen molar-refractivity contribution < 1.29 is 0 Å². The molecule has 0 aliphatic carbocycles. The Balaban J connectivity index is 1.40. The molecule has 8 heteroatoms. The number of aromatic nitrogens is 6. The van der Waals surface area contributed by atoms with Gasteiger partial charge in [0.05, 0.1) is 18.4 Å². The summed E-state index contributed by atoms with van der Waals surface area (Å²) in [5, 5.41) is 9.46. The van der Waals surface area contributed by atoms with E-state index in [4.69, 9.17) is 5.10 Å². The molecule has 0 saturated carbocycles. The molecule has 4 heterocycles. The van der Waals surface area contributed by atoms with Crippen LogP contribution in [0.2, 0.25) is 0 Å². The Morgan fingerprint density at radius 3 is 2.69 bits per heavy atom. The average molecular weight is 389 g/mol. The highest BCUT2D eigenvalue weighted by Crippen LogP contribution is 2.28. The lowest BCUT2D eigenvalue weighted by molar-refractivity contribution is 0.271. The number of H-pyrrole nitrogens is 1. The van der Waals surface area contributed by atoms with E-state index in [2.05, 4.69) is 44.2 Å². The molecule has 8 nitrogen and oxygen atoms in total. The van der Waals surface area contributed by atoms with Crippen LogP contribution in [0.3, 0.4) is 0 Å². The maximum atomic E-state index is 12.3. The van der Waals surface area contributed by atoms with Crippen LogP contribution in [-0.2, 0) is 33.5 Å². The first-order chi connectivity index (χ1) is 14.1. The van der Waals surface area contributed by atoms with Crippen LogP contribution in [0.4, 0.5) is 0 Å². The van der Waals surface area contributed by atoms with E-state index in [1.807, 2.05) is 17.8 Å². The fourth-order valence-corrected chi connectivity index (χ4v) is 4.17. The number of fused-ring (bicyclic) bond motifs is 2. The van der Waals surface area contributed by atoms with Crippen LogP contribution in [0.25, 0.3) is 22.3 Å². The minimum absolute atomic E-state index is 0.133. The van der Waals surface area contributed by atoms with Gasteiger partial charge in [-0.2, -0.15) is 10.2 Å². The summed E-state index contributed by atoms with van der Waals surface area (Å²) in [7, 11) is 3.83. The third kappa shape index (κ3) is 3.15. The van der Waals surface area contributed by atoms with Gasteiger partial charge in [-0.15, -0.1) is 0 Å². The smallest absolute Gasteiger partial charge is 0.262 e. The van der Waals surface area contributed by atoms with Crippen LogP contribution in [0.15, 0.2) is 41.3 Å². The number of hydrogen-bond donors (Lipinski definition) is 1. The summed E-state index contributed by atoms with van der Waals surface area (Å²) in [5.74, 6) is 0.679. The summed E-state index contributed by atoms with van der Waals surface area (Å²) >= 11 is 0. The lowest BCUT2D eigenvalue weighted by atomic mass is 10.0. The summed E-state index contributed by atoms with van der Waals surface area (Å²) in [6.07, 6.45) is 3.40. The van der Waals surface area contributed by atoms with Crippen molar-refractivity contribution in [2.24, 2.45) is 14.1 Å². The molecule has 29 heavy (non-hydrogen) atoms. The zero-order chi connectivity index (χ0) is 20.0. The Kier molecular flexibility index (Phi) is 4.28. The Morgan fingerprint density at radius 1 is 1.07 bits per heavy atom. The normalized spacial score (nSPS) is 14.8. The van der Waals surface area contributed by atoms with Gasteiger partial charge in [-0.25, -0.2) is 4.98 Å². The Bertz CT molecular complexity index is 1240. The summed E-state index contributed by atoms with van der Waals surface area (Å²) in [4.78, 5) is 22.2. The van der Waals surface area contributed by atoms with Crippen LogP contribution < -0.4 is 5.56 Å². The van der Waals surface area contributed by atoms with E-state index in [1.54, 1.807) is 17.9 Å². The van der Waals surface area contributed by atoms with Crippen molar-refractivity contribution in [3.63, 3.8) is 0 Å². The Labute approximate surface area is 167 Å². The Hall–Kier alpha value is -3.26. The van der Waals surface area contributed by atoms with Crippen molar-refractivity contribution in [2.75, 3.05) is 13.1 Å². The van der Waals surface area contributed by atoms with Crippen molar-refractivity contribution in [1.29, 1.82) is 0 Å². The molecule has 0 radical (unpaired) electrons. The van der Waals surface area contributed by atoms with E-state index in [9.17, 15) is 4.79 Å². The molecule has 0 saturated heterocycles. The predicted molar refractivity (Wildman–Crippen MR) is 110 cm³/mol. The second kappa shape index (κ2) is 6.97. The van der Waals surface area contributed by atoms with Crippen molar-refractivity contribution in [2.45, 2.75) is 19.4 Å². The average Bonchev–Trinajstić information content (AvgIpc) is 3.16. The highest BCUT2D eigenvalue weighted by Gasteiger charge is 2.23. The molecular formula is C21H23N7O. The molecule has 0 fully saturated rings. The van der Waals surface area contributed by atoms with Gasteiger partial charge < -0.3 is 4.98 Å². The monoisotopic (exact) mass is 389 g/mol. The lowest BCUT2D eigenvalue weighted by Crippen LogP contribution is -2.28. The molecule has 1 aliphatic heterocycles. The maximum absolute atomic E-state index is 12.3. The van der Waals surface area contributed by atoms with Crippen molar-refractivity contribution >= 4 is 11.0 Å². The molecule has 1 N–H and O–H groups in total. The second-order valence-corrected chi connectivity index (χ2v) is 7.56. The highest BCUT2D eigenvalue weighted by molar-refractivity contribution is 5.72. The van der Waals surface area contributed by atoms with Crippen molar-refractivity contribution in [1.82, 2.24) is 34.4 Å². The second-order valence-electron chi connectivity index (χ2n) is 7.56. The van der Waals surface area contributed by atoms with Gasteiger partial charge in [0.15, 0.2) is 5.65 Å². The number of aryl methyl sites for hydroxylation is 2. The first kappa shape index (κ1) is 17.8. The summed E-state index contributed by atoms with van der Waals surface area (Å²) < 4.78 is 3.66. The topological polar surface area (TPSA) is 84.6 Å². The molecule has 1 aromatic carbocycles. The third-order valence-corrected chi connectivity index (χ3v) is 5.69. The zero-order valence-corrected chi connectivity index (χ0v) is 16.6. The molecule has 3 aromatic heterocycles. The standard InChI is InChI=1S/C21H23N7O/c1-26-17-9-11-28(10-8-15(17)19(25-26)14-6-4-3-5-7-14)13-18-23-20-16(21(29)24-18)12-22-27(20)2/h3-7,12H,8-11,13H2,1-2H3,(H,23,24,29). The van der Waals surface area contributed by atoms with Gasteiger partial charge in [-0.3, -0.25) is 19.1 Å². The number of nitrogens with one attached hydrogen (secondary N) is 1. The van der Waals surface area contributed by atoms with E-state index < -0.39 is 0 Å². The van der Waals surface area contributed by atoms with Crippen LogP contribution in [0.1, 0.15) is 17.1 Å². The number of rotatable bonds is 3. The third-order valence-electron chi connectivity index (χ3n) is 5.69. The van der Waals surface area contributed by atoms with Gasteiger partial charge >= 0.3 is 0 Å². The number of benzene rings is 1. The number of aromatic amines is 1. The van der Waals surface area contributed by atoms with E-state index in [1.165, 1.54) is 11.3 Å². The van der Waals surface area contributed by atoms with E-state index in [-0.39, 0.29) is 5.56 Å². The van der Waals surface area contributed by atoms with Gasteiger partial charge in [0, 0.05) is 50.4 Å². The van der Waals surface area contributed by atoms with Crippen LogP contribution in [-0.4, -0.2) is 47.5 Å². The molecule has 0 spiro atoms. The summed E-state index contributed by atoms with van der Waals surface area (Å²) in [6, 6.07) is 10.4. The fourth-order valence-electron chi connectivity index (χ4n) is 4.17. The SMILES string of the molecule is Cn1nc(-c2ccccc2)c2c1CCN(Cc1nc3c(cnn3C)c(=O)[nH]1)CC2. The Morgan fingerprint density at radius 2 is 1.86 bits per heavy atom. The number of hydrogen-bond acceptors (Lipinski definition) is 5. The minimum Gasteiger partial charge on any atom is -0.309 e. The zero-order valence-electron chi connectivity index (χ0n) is 16.6. The quantitative estimate of drug-likeness (QED) is 0.576. The van der Waals surface area contributed by atoms with Crippen molar-refractivity contribution in [3.05, 3.63) is 64.0 Å². The van der Waals surface area contributed by atoms with Gasteiger partial charge in [0.25, 0.3) is 5.56 Å². The van der Waals surface area contributed by atoms with Crippen LogP contribution >= 0.6 is 0 Å². The minimum atomic E-state index is -0.133. The van der Waals surface area contributed by atoms with Crippen molar-refractivity contribution in [3.8, 4) is 11.3 Å². The first-order valence-electron chi connectivity index (χ1n) is 9.83. The molecule has 4 aromatic rings. The highest BCUT2D eigenvalue weighted by atomic mass is 16.1. The summed E-state index contributed by atoms with van der Waals surface area (Å²) in [5.41, 5.74) is 5.34. The molecule has 148 valence electrons.